The molecule has 2 amide bonds. The molecule has 0 heterocycles. The van der Waals surface area contributed by atoms with Gasteiger partial charge in [0.25, 0.3) is 0 Å². The van der Waals surface area contributed by atoms with Gasteiger partial charge in [-0.25, -0.2) is 0 Å². The van der Waals surface area contributed by atoms with Crippen LogP contribution in [0.1, 0.15) is 36.7 Å². The first-order valence-electron chi connectivity index (χ1n) is 8.68. The highest BCUT2D eigenvalue weighted by molar-refractivity contribution is 5.96. The molecule has 0 aromatic heterocycles. The Morgan fingerprint density at radius 1 is 0.963 bits per heavy atom. The second-order valence-electron chi connectivity index (χ2n) is 6.53. The predicted octanol–water partition coefficient (Wildman–Crippen LogP) is 3.67. The van der Waals surface area contributed by atoms with Gasteiger partial charge < -0.3 is 15.4 Å². The van der Waals surface area contributed by atoms with E-state index in [1.807, 2.05) is 13.8 Å². The summed E-state index contributed by atoms with van der Waals surface area (Å²) in [5, 5.41) is 5.60. The topological polar surface area (TPSA) is 84.5 Å². The Morgan fingerprint density at radius 3 is 2.07 bits per heavy atom. The molecule has 0 fully saturated rings. The molecule has 2 aromatic rings. The van der Waals surface area contributed by atoms with Gasteiger partial charge in [-0.05, 0) is 49.4 Å². The molecule has 0 atom stereocenters. The maximum atomic E-state index is 12.4. The quantitative estimate of drug-likeness (QED) is 0.730. The zero-order valence-electron chi connectivity index (χ0n) is 16.0. The Balaban J connectivity index is 2.04. The number of methoxy groups -OCH3 is 1. The Labute approximate surface area is 158 Å². The molecule has 2 rings (SSSR count). The lowest BCUT2D eigenvalue weighted by Gasteiger charge is -2.11. The van der Waals surface area contributed by atoms with Crippen molar-refractivity contribution in [3.63, 3.8) is 0 Å². The number of ketones is 1. The Bertz CT molecular complexity index is 842. The molecule has 6 nitrogen and oxygen atoms in total. The van der Waals surface area contributed by atoms with E-state index in [1.54, 1.807) is 42.5 Å². The Morgan fingerprint density at radius 2 is 1.56 bits per heavy atom. The number of amides is 2. The van der Waals surface area contributed by atoms with Gasteiger partial charge in [-0.15, -0.1) is 0 Å². The fourth-order valence-electron chi connectivity index (χ4n) is 2.44. The first-order chi connectivity index (χ1) is 12.8. The summed E-state index contributed by atoms with van der Waals surface area (Å²) in [7, 11) is 1.52. The van der Waals surface area contributed by atoms with E-state index in [4.69, 9.17) is 4.74 Å². The molecule has 0 saturated heterocycles. The molecule has 2 aromatic carbocycles. The number of rotatable bonds is 7. The maximum Gasteiger partial charge on any atom is 0.228 e. The normalized spacial score (nSPS) is 10.4. The van der Waals surface area contributed by atoms with E-state index in [1.165, 1.54) is 14.0 Å². The molecule has 0 saturated carbocycles. The van der Waals surface area contributed by atoms with Crippen LogP contribution in [0.2, 0.25) is 0 Å². The van der Waals surface area contributed by atoms with Crippen molar-refractivity contribution in [1.29, 1.82) is 0 Å². The van der Waals surface area contributed by atoms with Gasteiger partial charge in [0.1, 0.15) is 5.75 Å². The standard InChI is InChI=1S/C21H24N2O4/c1-13(2)21(26)23-18-8-6-17(7-9-18)22-20(25)12-16-11-15(14(3)24)5-10-19(16)27-4/h5-11,13H,12H2,1-4H3,(H,22,25)(H,23,26). The summed E-state index contributed by atoms with van der Waals surface area (Å²) in [6.45, 7) is 5.11. The highest BCUT2D eigenvalue weighted by atomic mass is 16.5. The summed E-state index contributed by atoms with van der Waals surface area (Å²) in [6.07, 6.45) is 0.0795. The van der Waals surface area contributed by atoms with Crippen LogP contribution in [-0.4, -0.2) is 24.7 Å². The van der Waals surface area contributed by atoms with E-state index in [0.717, 1.165) is 0 Å². The third-order valence-electron chi connectivity index (χ3n) is 4.00. The molecule has 0 aliphatic heterocycles. The summed E-state index contributed by atoms with van der Waals surface area (Å²) in [6, 6.07) is 11.9. The van der Waals surface area contributed by atoms with Crippen LogP contribution in [0, 0.1) is 5.92 Å². The van der Waals surface area contributed by atoms with Gasteiger partial charge in [-0.1, -0.05) is 13.8 Å². The van der Waals surface area contributed by atoms with Gasteiger partial charge in [-0.3, -0.25) is 14.4 Å². The van der Waals surface area contributed by atoms with Crippen molar-refractivity contribution in [2.24, 2.45) is 5.92 Å². The molecule has 0 unspecified atom stereocenters. The minimum absolute atomic E-state index is 0.0655. The van der Waals surface area contributed by atoms with Crippen LogP contribution in [0.25, 0.3) is 0 Å². The van der Waals surface area contributed by atoms with Crippen molar-refractivity contribution in [2.75, 3.05) is 17.7 Å². The second-order valence-corrected chi connectivity index (χ2v) is 6.53. The van der Waals surface area contributed by atoms with Crippen LogP contribution in [-0.2, 0) is 16.0 Å². The van der Waals surface area contributed by atoms with E-state index in [9.17, 15) is 14.4 Å². The number of hydrogen-bond donors (Lipinski definition) is 2. The minimum Gasteiger partial charge on any atom is -0.496 e. The van der Waals surface area contributed by atoms with Crippen molar-refractivity contribution < 1.29 is 19.1 Å². The number of ether oxygens (including phenoxy) is 1. The fourth-order valence-corrected chi connectivity index (χ4v) is 2.44. The van der Waals surface area contributed by atoms with Gasteiger partial charge in [0, 0.05) is 28.4 Å². The monoisotopic (exact) mass is 368 g/mol. The van der Waals surface area contributed by atoms with Crippen LogP contribution >= 0.6 is 0 Å². The van der Waals surface area contributed by atoms with Crippen LogP contribution in [0.4, 0.5) is 11.4 Å². The summed E-state index contributed by atoms with van der Waals surface area (Å²) in [4.78, 5) is 35.6. The lowest BCUT2D eigenvalue weighted by Crippen LogP contribution is -2.18. The summed E-state index contributed by atoms with van der Waals surface area (Å²) in [5.41, 5.74) is 2.46. The number of anilines is 2. The SMILES string of the molecule is COc1ccc(C(C)=O)cc1CC(=O)Nc1ccc(NC(=O)C(C)C)cc1. The highest BCUT2D eigenvalue weighted by Crippen LogP contribution is 2.22. The zero-order valence-corrected chi connectivity index (χ0v) is 16.0. The molecule has 0 radical (unpaired) electrons. The van der Waals surface area contributed by atoms with Gasteiger partial charge in [-0.2, -0.15) is 0 Å². The lowest BCUT2D eigenvalue weighted by atomic mass is 10.0. The Hall–Kier alpha value is -3.15. The summed E-state index contributed by atoms with van der Waals surface area (Å²) >= 11 is 0. The third kappa shape index (κ3) is 5.67. The number of carbonyl (C=O) groups excluding carboxylic acids is 3. The van der Waals surface area contributed by atoms with Gasteiger partial charge in [0.05, 0.1) is 13.5 Å². The average molecular weight is 368 g/mol. The van der Waals surface area contributed by atoms with E-state index in [2.05, 4.69) is 10.6 Å². The zero-order chi connectivity index (χ0) is 20.0. The van der Waals surface area contributed by atoms with Crippen molar-refractivity contribution in [1.82, 2.24) is 0 Å². The van der Waals surface area contributed by atoms with Crippen LogP contribution in [0.3, 0.4) is 0 Å². The van der Waals surface area contributed by atoms with Crippen LogP contribution in [0.15, 0.2) is 42.5 Å². The molecule has 27 heavy (non-hydrogen) atoms. The minimum atomic E-state index is -0.229. The van der Waals surface area contributed by atoms with E-state index in [-0.39, 0.29) is 29.9 Å². The lowest BCUT2D eigenvalue weighted by molar-refractivity contribution is -0.119. The number of Topliss-reactive ketones (excluding diaryl/α,β-unsaturated/α-hetero) is 1. The van der Waals surface area contributed by atoms with Gasteiger partial charge in [0.2, 0.25) is 11.8 Å². The smallest absolute Gasteiger partial charge is 0.228 e. The largest absolute Gasteiger partial charge is 0.496 e. The molecular formula is C21H24N2O4. The van der Waals surface area contributed by atoms with Gasteiger partial charge >= 0.3 is 0 Å². The number of nitrogens with one attached hydrogen (secondary N) is 2. The first kappa shape index (κ1) is 20.2. The summed E-state index contributed by atoms with van der Waals surface area (Å²) in [5.74, 6) is 0.0857. The molecule has 0 aliphatic carbocycles. The highest BCUT2D eigenvalue weighted by Gasteiger charge is 2.12. The van der Waals surface area contributed by atoms with E-state index in [0.29, 0.717) is 28.3 Å². The first-order valence-corrected chi connectivity index (χ1v) is 8.68. The fraction of sp³-hybridized carbons (Fsp3) is 0.286. The van der Waals surface area contributed by atoms with E-state index >= 15 is 0 Å². The van der Waals surface area contributed by atoms with Crippen molar-refractivity contribution >= 4 is 29.0 Å². The number of hydrogen-bond acceptors (Lipinski definition) is 4. The second kappa shape index (κ2) is 8.98. The van der Waals surface area contributed by atoms with Crippen LogP contribution in [0.5, 0.6) is 5.75 Å². The van der Waals surface area contributed by atoms with Crippen molar-refractivity contribution in [2.45, 2.75) is 27.2 Å². The maximum absolute atomic E-state index is 12.4. The van der Waals surface area contributed by atoms with Gasteiger partial charge in [0.15, 0.2) is 5.78 Å². The molecule has 0 spiro atoms. The number of benzene rings is 2. The van der Waals surface area contributed by atoms with Crippen molar-refractivity contribution in [3.05, 3.63) is 53.6 Å². The predicted molar refractivity (Wildman–Crippen MR) is 105 cm³/mol. The molecule has 6 heteroatoms. The molecular weight excluding hydrogens is 344 g/mol. The average Bonchev–Trinajstić information content (AvgIpc) is 2.63. The van der Waals surface area contributed by atoms with E-state index < -0.39 is 0 Å². The van der Waals surface area contributed by atoms with Crippen molar-refractivity contribution in [3.8, 4) is 5.75 Å². The molecule has 0 aliphatic rings. The third-order valence-corrected chi connectivity index (χ3v) is 4.00. The Kier molecular flexibility index (Phi) is 6.71. The van der Waals surface area contributed by atoms with Crippen LogP contribution < -0.4 is 15.4 Å². The number of carbonyl (C=O) groups is 3. The molecule has 0 bridgehead atoms. The summed E-state index contributed by atoms with van der Waals surface area (Å²) < 4.78 is 5.27. The molecule has 142 valence electrons. The molecule has 2 N–H and O–H groups in total.